The van der Waals surface area contributed by atoms with Gasteiger partial charge in [0, 0.05) is 12.7 Å². The lowest BCUT2D eigenvalue weighted by Crippen LogP contribution is -2.37. The Bertz CT molecular complexity index is 760. The lowest BCUT2D eigenvalue weighted by atomic mass is 10.2. The van der Waals surface area contributed by atoms with Crippen LogP contribution in [0.2, 0.25) is 0 Å². The Morgan fingerprint density at radius 1 is 1.00 bits per heavy atom. The number of halogens is 3. The maximum atomic E-state index is 12.3. The van der Waals surface area contributed by atoms with Crippen molar-refractivity contribution in [3.63, 3.8) is 0 Å². The summed E-state index contributed by atoms with van der Waals surface area (Å²) in [4.78, 5) is 25.7. The van der Waals surface area contributed by atoms with Crippen molar-refractivity contribution in [1.29, 1.82) is 0 Å². The van der Waals surface area contributed by atoms with Crippen LogP contribution in [-0.2, 0) is 9.53 Å². The Morgan fingerprint density at radius 3 is 2.12 bits per heavy atom. The molecule has 0 radical (unpaired) electrons. The van der Waals surface area contributed by atoms with E-state index in [-0.39, 0.29) is 5.56 Å². The molecular weight excluding hydrogens is 351 g/mol. The normalized spacial score (nSPS) is 12.2. The van der Waals surface area contributed by atoms with Crippen molar-refractivity contribution in [2.75, 3.05) is 11.9 Å². The van der Waals surface area contributed by atoms with Crippen molar-refractivity contribution in [3.8, 4) is 5.75 Å². The minimum Gasteiger partial charge on any atom is -0.449 e. The standard InChI is InChI=1S/C18H16F3NO4/c1-12(16(23)22(2)14-6-4-3-5-7-14)25-17(24)13-8-10-15(11-9-13)26-18(19,20)21/h3-12H,1-2H3. The average Bonchev–Trinajstić information content (AvgIpc) is 2.60. The molecule has 2 aromatic rings. The minimum atomic E-state index is -4.81. The zero-order chi connectivity index (χ0) is 19.3. The molecule has 1 amide bonds. The highest BCUT2D eigenvalue weighted by molar-refractivity contribution is 5.98. The number of rotatable bonds is 5. The molecule has 5 nitrogen and oxygen atoms in total. The number of nitrogens with zero attached hydrogens (tertiary/aromatic N) is 1. The van der Waals surface area contributed by atoms with Crippen LogP contribution in [0.1, 0.15) is 17.3 Å². The van der Waals surface area contributed by atoms with Crippen LogP contribution in [0, 0.1) is 0 Å². The number of anilines is 1. The molecule has 0 bridgehead atoms. The van der Waals surface area contributed by atoms with E-state index >= 15 is 0 Å². The van der Waals surface area contributed by atoms with Crippen molar-refractivity contribution in [2.24, 2.45) is 0 Å². The van der Waals surface area contributed by atoms with Crippen LogP contribution in [0.25, 0.3) is 0 Å². The molecule has 0 aromatic heterocycles. The zero-order valence-corrected chi connectivity index (χ0v) is 14.0. The number of benzene rings is 2. The number of hydrogen-bond donors (Lipinski definition) is 0. The topological polar surface area (TPSA) is 55.8 Å². The fraction of sp³-hybridized carbons (Fsp3) is 0.222. The number of carbonyl (C=O) groups excluding carboxylic acids is 2. The number of esters is 1. The lowest BCUT2D eigenvalue weighted by Gasteiger charge is -2.21. The molecule has 2 rings (SSSR count). The zero-order valence-electron chi connectivity index (χ0n) is 14.0. The van der Waals surface area contributed by atoms with E-state index < -0.39 is 30.1 Å². The summed E-state index contributed by atoms with van der Waals surface area (Å²) >= 11 is 0. The Hall–Kier alpha value is -3.03. The molecule has 0 aliphatic heterocycles. The van der Waals surface area contributed by atoms with Crippen molar-refractivity contribution in [1.82, 2.24) is 0 Å². The van der Waals surface area contributed by atoms with Crippen LogP contribution in [0.15, 0.2) is 54.6 Å². The van der Waals surface area contributed by atoms with Gasteiger partial charge in [0.2, 0.25) is 0 Å². The number of amides is 1. The second kappa shape index (κ2) is 7.90. The van der Waals surface area contributed by atoms with Gasteiger partial charge >= 0.3 is 12.3 Å². The summed E-state index contributed by atoms with van der Waals surface area (Å²) in [7, 11) is 1.55. The third-order valence-corrected chi connectivity index (χ3v) is 3.43. The third kappa shape index (κ3) is 5.23. The van der Waals surface area contributed by atoms with Gasteiger partial charge in [-0.25, -0.2) is 4.79 Å². The summed E-state index contributed by atoms with van der Waals surface area (Å²) in [6.07, 6.45) is -5.89. The molecule has 0 aliphatic carbocycles. The summed E-state index contributed by atoms with van der Waals surface area (Å²) in [6.45, 7) is 1.42. The van der Waals surface area contributed by atoms with E-state index in [4.69, 9.17) is 4.74 Å². The molecule has 138 valence electrons. The lowest BCUT2D eigenvalue weighted by molar-refractivity contribution is -0.274. The van der Waals surface area contributed by atoms with E-state index in [2.05, 4.69) is 4.74 Å². The quantitative estimate of drug-likeness (QED) is 0.755. The highest BCUT2D eigenvalue weighted by atomic mass is 19.4. The monoisotopic (exact) mass is 367 g/mol. The number of carbonyl (C=O) groups is 2. The molecule has 0 heterocycles. The first-order valence-electron chi connectivity index (χ1n) is 7.57. The second-order valence-electron chi connectivity index (χ2n) is 5.35. The summed E-state index contributed by atoms with van der Waals surface area (Å²) < 4.78 is 45.2. The maximum absolute atomic E-state index is 12.3. The number of para-hydroxylation sites is 1. The molecule has 0 fully saturated rings. The molecular formula is C18H16F3NO4. The molecule has 1 unspecified atom stereocenters. The van der Waals surface area contributed by atoms with Gasteiger partial charge in [-0.05, 0) is 43.3 Å². The van der Waals surface area contributed by atoms with Gasteiger partial charge in [0.05, 0.1) is 5.56 Å². The number of alkyl halides is 3. The van der Waals surface area contributed by atoms with Crippen LogP contribution in [0.5, 0.6) is 5.75 Å². The molecule has 0 N–H and O–H groups in total. The summed E-state index contributed by atoms with van der Waals surface area (Å²) in [6, 6.07) is 13.0. The largest absolute Gasteiger partial charge is 0.573 e. The molecule has 2 aromatic carbocycles. The van der Waals surface area contributed by atoms with Gasteiger partial charge in [-0.15, -0.1) is 13.2 Å². The summed E-state index contributed by atoms with van der Waals surface area (Å²) in [5, 5.41) is 0. The van der Waals surface area contributed by atoms with Crippen LogP contribution in [0.3, 0.4) is 0 Å². The highest BCUT2D eigenvalue weighted by Crippen LogP contribution is 2.23. The number of hydrogen-bond acceptors (Lipinski definition) is 4. The molecule has 0 spiro atoms. The molecule has 1 atom stereocenters. The fourth-order valence-electron chi connectivity index (χ4n) is 2.12. The second-order valence-corrected chi connectivity index (χ2v) is 5.35. The minimum absolute atomic E-state index is 0.00142. The van der Waals surface area contributed by atoms with Crippen molar-refractivity contribution < 1.29 is 32.2 Å². The predicted octanol–water partition coefficient (Wildman–Crippen LogP) is 3.79. The molecule has 26 heavy (non-hydrogen) atoms. The van der Waals surface area contributed by atoms with E-state index in [1.54, 1.807) is 37.4 Å². The summed E-state index contributed by atoms with van der Waals surface area (Å²) in [5.41, 5.74) is 0.635. The molecule has 0 saturated heterocycles. The Morgan fingerprint density at radius 2 is 1.58 bits per heavy atom. The van der Waals surface area contributed by atoms with Gasteiger partial charge in [0.15, 0.2) is 6.10 Å². The van der Waals surface area contributed by atoms with Crippen LogP contribution in [0.4, 0.5) is 18.9 Å². The Balaban J connectivity index is 1.99. The first kappa shape index (κ1) is 19.3. The Labute approximate surface area is 147 Å². The van der Waals surface area contributed by atoms with E-state index in [0.29, 0.717) is 5.69 Å². The van der Waals surface area contributed by atoms with E-state index in [0.717, 1.165) is 24.3 Å². The molecule has 0 aliphatic rings. The first-order chi connectivity index (χ1) is 12.2. The molecule has 0 saturated carbocycles. The fourth-order valence-corrected chi connectivity index (χ4v) is 2.12. The van der Waals surface area contributed by atoms with Gasteiger partial charge < -0.3 is 14.4 Å². The SMILES string of the molecule is CC(OC(=O)c1ccc(OC(F)(F)F)cc1)C(=O)N(C)c1ccccc1. The van der Waals surface area contributed by atoms with E-state index in [1.165, 1.54) is 11.8 Å². The van der Waals surface area contributed by atoms with Gasteiger partial charge in [0.25, 0.3) is 5.91 Å². The van der Waals surface area contributed by atoms with Crippen molar-refractivity contribution in [2.45, 2.75) is 19.4 Å². The van der Waals surface area contributed by atoms with Crippen molar-refractivity contribution in [3.05, 3.63) is 60.2 Å². The predicted molar refractivity (Wildman–Crippen MR) is 87.9 cm³/mol. The van der Waals surface area contributed by atoms with Gasteiger partial charge in [-0.1, -0.05) is 18.2 Å². The van der Waals surface area contributed by atoms with Crippen molar-refractivity contribution >= 4 is 17.6 Å². The molecule has 8 heteroatoms. The van der Waals surface area contributed by atoms with Gasteiger partial charge in [-0.2, -0.15) is 0 Å². The first-order valence-corrected chi connectivity index (χ1v) is 7.57. The van der Waals surface area contributed by atoms with E-state index in [1.807, 2.05) is 0 Å². The number of ether oxygens (including phenoxy) is 2. The Kier molecular flexibility index (Phi) is 5.86. The smallest absolute Gasteiger partial charge is 0.449 e. The van der Waals surface area contributed by atoms with Gasteiger partial charge in [0.1, 0.15) is 5.75 Å². The van der Waals surface area contributed by atoms with Crippen LogP contribution in [-0.4, -0.2) is 31.4 Å². The van der Waals surface area contributed by atoms with Crippen LogP contribution >= 0.6 is 0 Å². The maximum Gasteiger partial charge on any atom is 0.573 e. The van der Waals surface area contributed by atoms with Gasteiger partial charge in [-0.3, -0.25) is 4.79 Å². The van der Waals surface area contributed by atoms with Crippen LogP contribution < -0.4 is 9.64 Å². The number of likely N-dealkylation sites (N-methyl/N-ethyl adjacent to an activating group) is 1. The van der Waals surface area contributed by atoms with E-state index in [9.17, 15) is 22.8 Å². The summed E-state index contributed by atoms with van der Waals surface area (Å²) in [5.74, 6) is -1.73. The third-order valence-electron chi connectivity index (χ3n) is 3.43. The average molecular weight is 367 g/mol. The highest BCUT2D eigenvalue weighted by Gasteiger charge is 2.31.